The second kappa shape index (κ2) is 7.04. The highest BCUT2D eigenvalue weighted by atomic mass is 19.1. The van der Waals surface area contributed by atoms with Crippen LogP contribution in [-0.4, -0.2) is 43.8 Å². The third-order valence-electron chi connectivity index (χ3n) is 4.99. The van der Waals surface area contributed by atoms with Crippen molar-refractivity contribution >= 4 is 0 Å². The quantitative estimate of drug-likeness (QED) is 0.870. The van der Waals surface area contributed by atoms with E-state index in [0.29, 0.717) is 23.6 Å². The van der Waals surface area contributed by atoms with E-state index in [-0.39, 0.29) is 5.82 Å². The number of aryl methyl sites for hydroxylation is 1. The predicted octanol–water partition coefficient (Wildman–Crippen LogP) is 1.84. The van der Waals surface area contributed by atoms with Crippen LogP contribution in [0.5, 0.6) is 0 Å². The van der Waals surface area contributed by atoms with Crippen LogP contribution in [0, 0.1) is 18.7 Å². The molecule has 2 fully saturated rings. The summed E-state index contributed by atoms with van der Waals surface area (Å²) in [7, 11) is 1.75. The van der Waals surface area contributed by atoms with E-state index in [1.807, 2.05) is 12.1 Å². The molecule has 0 saturated carbocycles. The van der Waals surface area contributed by atoms with Crippen molar-refractivity contribution in [1.82, 2.24) is 15.8 Å². The van der Waals surface area contributed by atoms with Gasteiger partial charge in [0.1, 0.15) is 5.82 Å². The molecule has 2 heterocycles. The number of nitrogens with one attached hydrogen (secondary N) is 2. The fourth-order valence-electron chi connectivity index (χ4n) is 3.63. The van der Waals surface area contributed by atoms with Crippen LogP contribution in [0.1, 0.15) is 24.0 Å². The number of rotatable bonds is 5. The molecule has 0 bridgehead atoms. The highest BCUT2D eigenvalue weighted by Crippen LogP contribution is 2.27. The smallest absolute Gasteiger partial charge is 0.126 e. The number of likely N-dealkylation sites (tertiary alicyclic amines) is 1. The van der Waals surface area contributed by atoms with E-state index in [1.165, 1.54) is 0 Å². The highest BCUT2D eigenvalue weighted by Gasteiger charge is 2.39. The lowest BCUT2D eigenvalue weighted by Gasteiger charge is -2.36. The summed E-state index contributed by atoms with van der Waals surface area (Å²) in [6.07, 6.45) is 2.16. The zero-order chi connectivity index (χ0) is 15.5. The third-order valence-corrected chi connectivity index (χ3v) is 4.99. The minimum atomic E-state index is -0.102. The van der Waals surface area contributed by atoms with Crippen LogP contribution < -0.4 is 10.9 Å². The maximum absolute atomic E-state index is 13.7. The molecule has 122 valence electrons. The Morgan fingerprint density at radius 1 is 1.36 bits per heavy atom. The van der Waals surface area contributed by atoms with Crippen LogP contribution >= 0.6 is 0 Å². The number of nitrogens with zero attached hydrogens (tertiary/aromatic N) is 1. The van der Waals surface area contributed by atoms with Gasteiger partial charge in [0.2, 0.25) is 0 Å². The molecule has 2 aliphatic rings. The van der Waals surface area contributed by atoms with Gasteiger partial charge in [-0.25, -0.2) is 4.39 Å². The van der Waals surface area contributed by atoms with Gasteiger partial charge in [-0.3, -0.25) is 15.8 Å². The summed E-state index contributed by atoms with van der Waals surface area (Å²) in [4.78, 5) is 2.44. The molecule has 0 amide bonds. The molecule has 2 aliphatic heterocycles. The van der Waals surface area contributed by atoms with Gasteiger partial charge in [-0.05, 0) is 37.0 Å². The Labute approximate surface area is 132 Å². The average Bonchev–Trinajstić information content (AvgIpc) is 2.91. The van der Waals surface area contributed by atoms with E-state index in [2.05, 4.69) is 15.8 Å². The second-order valence-electron chi connectivity index (χ2n) is 6.55. The van der Waals surface area contributed by atoms with E-state index in [9.17, 15) is 4.39 Å². The second-order valence-corrected chi connectivity index (χ2v) is 6.55. The third kappa shape index (κ3) is 3.49. The van der Waals surface area contributed by atoms with Gasteiger partial charge in [0.25, 0.3) is 0 Å². The number of ether oxygens (including phenoxy) is 1. The number of methoxy groups -OCH3 is 1. The number of hydrogen-bond donors (Lipinski definition) is 2. The standard InChI is InChI=1S/C17H26FN3O/c1-12-3-4-13(9-15(12)18)10-21-7-5-16-14(11-21)17(20-19-16)6-8-22-2/h3-4,9,14,16-17,19-20H,5-8,10-11H2,1-2H3. The first-order chi connectivity index (χ1) is 10.7. The summed E-state index contributed by atoms with van der Waals surface area (Å²) < 4.78 is 18.9. The van der Waals surface area contributed by atoms with Crippen molar-refractivity contribution < 1.29 is 9.13 Å². The molecular weight excluding hydrogens is 281 g/mol. The molecule has 4 nitrogen and oxygen atoms in total. The largest absolute Gasteiger partial charge is 0.385 e. The minimum absolute atomic E-state index is 0.102. The van der Waals surface area contributed by atoms with E-state index in [1.54, 1.807) is 20.1 Å². The van der Waals surface area contributed by atoms with Gasteiger partial charge in [-0.2, -0.15) is 0 Å². The van der Waals surface area contributed by atoms with Crippen LogP contribution in [0.25, 0.3) is 0 Å². The molecule has 2 saturated heterocycles. The fraction of sp³-hybridized carbons (Fsp3) is 0.647. The van der Waals surface area contributed by atoms with Crippen molar-refractivity contribution in [2.45, 2.75) is 38.4 Å². The Balaban J connectivity index is 1.60. The Morgan fingerprint density at radius 2 is 2.23 bits per heavy atom. The number of halogens is 1. The fourth-order valence-corrected chi connectivity index (χ4v) is 3.63. The Morgan fingerprint density at radius 3 is 3.00 bits per heavy atom. The molecule has 3 unspecified atom stereocenters. The lowest BCUT2D eigenvalue weighted by molar-refractivity contribution is 0.131. The highest BCUT2D eigenvalue weighted by molar-refractivity contribution is 5.23. The minimum Gasteiger partial charge on any atom is -0.385 e. The average molecular weight is 307 g/mol. The first kappa shape index (κ1) is 15.9. The van der Waals surface area contributed by atoms with E-state index in [0.717, 1.165) is 44.6 Å². The zero-order valence-corrected chi connectivity index (χ0v) is 13.4. The van der Waals surface area contributed by atoms with Gasteiger partial charge < -0.3 is 4.74 Å². The molecule has 5 heteroatoms. The van der Waals surface area contributed by atoms with Crippen LogP contribution in [-0.2, 0) is 11.3 Å². The van der Waals surface area contributed by atoms with Gasteiger partial charge in [0.05, 0.1) is 0 Å². The maximum atomic E-state index is 13.7. The first-order valence-electron chi connectivity index (χ1n) is 8.14. The summed E-state index contributed by atoms with van der Waals surface area (Å²) in [6, 6.07) is 6.60. The molecule has 1 aromatic rings. The van der Waals surface area contributed by atoms with Crippen molar-refractivity contribution in [2.75, 3.05) is 26.8 Å². The molecule has 0 spiro atoms. The molecule has 0 aliphatic carbocycles. The summed E-state index contributed by atoms with van der Waals surface area (Å²) in [5, 5.41) is 0. The van der Waals surface area contributed by atoms with Crippen molar-refractivity contribution in [3.8, 4) is 0 Å². The molecular formula is C17H26FN3O. The van der Waals surface area contributed by atoms with Gasteiger partial charge >= 0.3 is 0 Å². The van der Waals surface area contributed by atoms with Gasteiger partial charge in [0, 0.05) is 51.4 Å². The van der Waals surface area contributed by atoms with Crippen molar-refractivity contribution in [3.05, 3.63) is 35.1 Å². The number of fused-ring (bicyclic) bond motifs is 1. The van der Waals surface area contributed by atoms with Crippen LogP contribution in [0.4, 0.5) is 4.39 Å². The molecule has 3 rings (SSSR count). The van der Waals surface area contributed by atoms with E-state index in [4.69, 9.17) is 4.74 Å². The molecule has 3 atom stereocenters. The van der Waals surface area contributed by atoms with Crippen LogP contribution in [0.15, 0.2) is 18.2 Å². The summed E-state index contributed by atoms with van der Waals surface area (Å²) >= 11 is 0. The lowest BCUT2D eigenvalue weighted by Crippen LogP contribution is -2.46. The predicted molar refractivity (Wildman–Crippen MR) is 84.9 cm³/mol. The SMILES string of the molecule is COCCC1NNC2CCN(Cc3ccc(C)c(F)c3)CC12. The summed E-state index contributed by atoms with van der Waals surface area (Å²) in [5.74, 6) is 0.494. The number of piperidine rings is 1. The maximum Gasteiger partial charge on any atom is 0.126 e. The van der Waals surface area contributed by atoms with E-state index >= 15 is 0 Å². The molecule has 2 N–H and O–H groups in total. The van der Waals surface area contributed by atoms with Gasteiger partial charge in [0.15, 0.2) is 0 Å². The number of benzene rings is 1. The Bertz CT molecular complexity index is 511. The Hall–Kier alpha value is -1.01. The molecule has 22 heavy (non-hydrogen) atoms. The van der Waals surface area contributed by atoms with Crippen molar-refractivity contribution in [3.63, 3.8) is 0 Å². The van der Waals surface area contributed by atoms with Crippen LogP contribution in [0.3, 0.4) is 0 Å². The molecule has 0 radical (unpaired) electrons. The molecule has 1 aromatic carbocycles. The summed E-state index contributed by atoms with van der Waals surface area (Å²) in [6.45, 7) is 5.53. The number of hydrazine groups is 1. The first-order valence-corrected chi connectivity index (χ1v) is 8.14. The normalized spacial score (nSPS) is 28.8. The van der Waals surface area contributed by atoms with Crippen LogP contribution in [0.2, 0.25) is 0 Å². The molecule has 0 aromatic heterocycles. The van der Waals surface area contributed by atoms with E-state index < -0.39 is 0 Å². The zero-order valence-electron chi connectivity index (χ0n) is 13.4. The van der Waals surface area contributed by atoms with Gasteiger partial charge in [-0.1, -0.05) is 12.1 Å². The van der Waals surface area contributed by atoms with Gasteiger partial charge in [-0.15, -0.1) is 0 Å². The summed E-state index contributed by atoms with van der Waals surface area (Å²) in [5.41, 5.74) is 8.62. The number of hydrogen-bond acceptors (Lipinski definition) is 4. The monoisotopic (exact) mass is 307 g/mol. The Kier molecular flexibility index (Phi) is 5.08. The topological polar surface area (TPSA) is 36.5 Å². The van der Waals surface area contributed by atoms with Crippen molar-refractivity contribution in [1.29, 1.82) is 0 Å². The lowest BCUT2D eigenvalue weighted by atomic mass is 9.87. The van der Waals surface area contributed by atoms with Crippen molar-refractivity contribution in [2.24, 2.45) is 5.92 Å².